The number of fused-ring (bicyclic) bond motifs is 1. The van der Waals surface area contributed by atoms with Gasteiger partial charge < -0.3 is 15.4 Å². The quantitative estimate of drug-likeness (QED) is 0.169. The third-order valence-corrected chi connectivity index (χ3v) is 6.86. The van der Waals surface area contributed by atoms with Crippen LogP contribution >= 0.6 is 11.3 Å². The number of hydrogen-bond acceptors (Lipinski definition) is 6. The molecule has 0 saturated heterocycles. The molecule has 0 spiro atoms. The van der Waals surface area contributed by atoms with E-state index in [9.17, 15) is 26.0 Å². The lowest BCUT2D eigenvalue weighted by molar-refractivity contribution is -0.192. The van der Waals surface area contributed by atoms with Crippen LogP contribution in [0.5, 0.6) is 0 Å². The first-order valence-corrected chi connectivity index (χ1v) is 13.8. The Morgan fingerprint density at radius 2 is 1.71 bits per heavy atom. The summed E-state index contributed by atoms with van der Waals surface area (Å²) in [6, 6.07) is 17.0. The number of halogens is 4. The molecule has 0 unspecified atom stereocenters. The molecular weight excluding hydrogens is 548 g/mol. The Morgan fingerprint density at radius 3 is 2.34 bits per heavy atom. The van der Waals surface area contributed by atoms with Crippen molar-refractivity contribution in [2.24, 2.45) is 0 Å². The minimum atomic E-state index is -5.08. The molecule has 8 nitrogen and oxygen atoms in total. The van der Waals surface area contributed by atoms with Gasteiger partial charge in [-0.3, -0.25) is 0 Å². The van der Waals surface area contributed by atoms with E-state index in [2.05, 4.69) is 50.3 Å². The third kappa shape index (κ3) is 8.90. The topological polar surface area (TPSA) is 124 Å². The van der Waals surface area contributed by atoms with E-state index in [-0.39, 0.29) is 5.82 Å². The van der Waals surface area contributed by atoms with Crippen molar-refractivity contribution in [2.45, 2.75) is 19.1 Å². The predicted octanol–water partition coefficient (Wildman–Crippen LogP) is 4.76. The van der Waals surface area contributed by atoms with E-state index < -0.39 is 22.2 Å². The van der Waals surface area contributed by atoms with Crippen LogP contribution in [0.1, 0.15) is 12.0 Å². The molecule has 4 N–H and O–H groups in total. The van der Waals surface area contributed by atoms with Gasteiger partial charge in [0.05, 0.1) is 22.2 Å². The predicted molar refractivity (Wildman–Crippen MR) is 138 cm³/mol. The van der Waals surface area contributed by atoms with Crippen molar-refractivity contribution >= 4 is 38.4 Å². The first-order valence-electron chi connectivity index (χ1n) is 11.1. The molecule has 0 atom stereocenters. The highest BCUT2D eigenvalue weighted by Crippen LogP contribution is 2.34. The van der Waals surface area contributed by atoms with Gasteiger partial charge in [-0.15, -0.1) is 11.3 Å². The molecule has 0 aliphatic rings. The number of rotatable bonds is 9. The standard InChI is InChI=1S/C22H23FN4O2S2.C2HF3O2/c1-31(28,29)25-12-2-11-24-14-15-3-5-16(6-4-15)20-9-10-21(30-20)22-26-18-8-7-17(23)13-19(18)27-22;3-2(4,5)1(6)7/h3-10,13,24-25H,2,11-12,14H2,1H3,(H,26,27);(H,6,7). The first kappa shape index (κ1) is 29.2. The fourth-order valence-electron chi connectivity index (χ4n) is 3.21. The minimum Gasteiger partial charge on any atom is -0.475 e. The van der Waals surface area contributed by atoms with Crippen LogP contribution in [0.2, 0.25) is 0 Å². The van der Waals surface area contributed by atoms with Gasteiger partial charge in [-0.1, -0.05) is 24.3 Å². The number of nitrogens with one attached hydrogen (secondary N) is 3. The number of aliphatic carboxylic acids is 1. The molecule has 0 fully saturated rings. The van der Waals surface area contributed by atoms with Gasteiger partial charge in [-0.25, -0.2) is 27.3 Å². The van der Waals surface area contributed by atoms with Gasteiger partial charge in [0.25, 0.3) is 0 Å². The zero-order chi connectivity index (χ0) is 27.9. The highest BCUT2D eigenvalue weighted by molar-refractivity contribution is 7.88. The summed E-state index contributed by atoms with van der Waals surface area (Å²) >= 11 is 1.63. The molecule has 0 radical (unpaired) electrons. The molecule has 2 aromatic carbocycles. The summed E-state index contributed by atoms with van der Waals surface area (Å²) in [5, 5.41) is 10.4. The number of hydrogen-bond donors (Lipinski definition) is 4. The molecule has 4 rings (SSSR count). The number of carboxylic acid groups (broad SMARTS) is 1. The molecule has 204 valence electrons. The van der Waals surface area contributed by atoms with E-state index in [1.54, 1.807) is 17.4 Å². The van der Waals surface area contributed by atoms with Crippen molar-refractivity contribution in [3.63, 3.8) is 0 Å². The van der Waals surface area contributed by atoms with Crippen LogP contribution in [0.4, 0.5) is 17.6 Å². The number of alkyl halides is 3. The molecule has 0 saturated carbocycles. The molecule has 14 heteroatoms. The van der Waals surface area contributed by atoms with E-state index in [0.29, 0.717) is 12.1 Å². The number of sulfonamides is 1. The smallest absolute Gasteiger partial charge is 0.475 e. The first-order chi connectivity index (χ1) is 17.8. The van der Waals surface area contributed by atoms with Gasteiger partial charge in [0.1, 0.15) is 11.6 Å². The highest BCUT2D eigenvalue weighted by atomic mass is 32.2. The SMILES string of the molecule is CS(=O)(=O)NCCCNCc1ccc(-c2ccc(-c3nc4ccc(F)cc4[nH]3)s2)cc1.O=C(O)C(F)(F)F. The van der Waals surface area contributed by atoms with Crippen molar-refractivity contribution in [1.29, 1.82) is 0 Å². The average Bonchev–Trinajstić information content (AvgIpc) is 3.48. The Balaban J connectivity index is 0.000000505. The van der Waals surface area contributed by atoms with Crippen LogP contribution in [0.3, 0.4) is 0 Å². The second-order valence-corrected chi connectivity index (χ2v) is 11.0. The van der Waals surface area contributed by atoms with Crippen LogP contribution in [-0.2, 0) is 21.4 Å². The van der Waals surface area contributed by atoms with Gasteiger partial charge in [0, 0.05) is 18.0 Å². The van der Waals surface area contributed by atoms with E-state index in [0.717, 1.165) is 58.0 Å². The number of benzene rings is 2. The van der Waals surface area contributed by atoms with Crippen molar-refractivity contribution in [2.75, 3.05) is 19.3 Å². The third-order valence-electron chi connectivity index (χ3n) is 4.99. The Hall–Kier alpha value is -3.33. The van der Waals surface area contributed by atoms with Crippen molar-refractivity contribution in [3.8, 4) is 21.1 Å². The van der Waals surface area contributed by atoms with Gasteiger partial charge in [-0.05, 0) is 54.4 Å². The minimum absolute atomic E-state index is 0.283. The fraction of sp³-hybridized carbons (Fsp3) is 0.250. The number of imidazole rings is 1. The Bertz CT molecular complexity index is 1480. The maximum absolute atomic E-state index is 13.4. The molecular formula is C24H24F4N4O4S2. The molecule has 0 aliphatic carbocycles. The lowest BCUT2D eigenvalue weighted by Gasteiger charge is -2.06. The summed E-state index contributed by atoms with van der Waals surface area (Å²) in [6.07, 6.45) is -3.19. The Morgan fingerprint density at radius 1 is 1.05 bits per heavy atom. The molecule has 38 heavy (non-hydrogen) atoms. The normalized spacial score (nSPS) is 11.8. The van der Waals surface area contributed by atoms with Crippen molar-refractivity contribution < 1.29 is 35.9 Å². The summed E-state index contributed by atoms with van der Waals surface area (Å²) in [6.45, 7) is 1.90. The molecule has 2 aromatic heterocycles. The van der Waals surface area contributed by atoms with Gasteiger partial charge in [0.15, 0.2) is 0 Å². The van der Waals surface area contributed by atoms with E-state index in [1.165, 1.54) is 12.1 Å². The van der Waals surface area contributed by atoms with E-state index >= 15 is 0 Å². The average molecular weight is 573 g/mol. The number of carboxylic acids is 1. The van der Waals surface area contributed by atoms with Crippen LogP contribution in [-0.4, -0.2) is 55.0 Å². The van der Waals surface area contributed by atoms with Crippen molar-refractivity contribution in [1.82, 2.24) is 20.0 Å². The summed E-state index contributed by atoms with van der Waals surface area (Å²) in [5.74, 6) is -2.30. The van der Waals surface area contributed by atoms with Crippen LogP contribution in [0.15, 0.2) is 54.6 Å². The number of aromatic amines is 1. The summed E-state index contributed by atoms with van der Waals surface area (Å²) in [4.78, 5) is 18.8. The van der Waals surface area contributed by atoms with Crippen LogP contribution in [0, 0.1) is 5.82 Å². The van der Waals surface area contributed by atoms with Gasteiger partial charge >= 0.3 is 12.1 Å². The number of aromatic nitrogens is 2. The summed E-state index contributed by atoms with van der Waals surface area (Å²) in [7, 11) is -3.12. The second kappa shape index (κ2) is 12.5. The monoisotopic (exact) mass is 572 g/mol. The molecule has 0 bridgehead atoms. The Labute approximate surface area is 219 Å². The summed E-state index contributed by atoms with van der Waals surface area (Å²) in [5.41, 5.74) is 3.72. The van der Waals surface area contributed by atoms with Crippen LogP contribution < -0.4 is 10.0 Å². The molecule has 2 heterocycles. The molecule has 4 aromatic rings. The maximum Gasteiger partial charge on any atom is 0.490 e. The molecule has 0 aliphatic heterocycles. The second-order valence-electron chi connectivity index (χ2n) is 8.11. The lowest BCUT2D eigenvalue weighted by atomic mass is 10.1. The van der Waals surface area contributed by atoms with Gasteiger partial charge in [0.2, 0.25) is 10.0 Å². The van der Waals surface area contributed by atoms with E-state index in [1.807, 2.05) is 6.07 Å². The van der Waals surface area contributed by atoms with E-state index in [4.69, 9.17) is 9.90 Å². The zero-order valence-corrected chi connectivity index (χ0v) is 21.6. The molecule has 0 amide bonds. The lowest BCUT2D eigenvalue weighted by Crippen LogP contribution is -2.26. The maximum atomic E-state index is 13.4. The number of H-pyrrole nitrogens is 1. The van der Waals surface area contributed by atoms with Gasteiger partial charge in [-0.2, -0.15) is 13.2 Å². The zero-order valence-electron chi connectivity index (χ0n) is 20.0. The highest BCUT2D eigenvalue weighted by Gasteiger charge is 2.38. The van der Waals surface area contributed by atoms with Crippen LogP contribution in [0.25, 0.3) is 32.2 Å². The largest absolute Gasteiger partial charge is 0.490 e. The Kier molecular flexibility index (Phi) is 9.60. The number of thiophene rings is 1. The number of nitrogens with zero attached hydrogens (tertiary/aromatic N) is 1. The number of carbonyl (C=O) groups is 1. The summed E-state index contributed by atoms with van der Waals surface area (Å²) < 4.78 is 69.7. The van der Waals surface area contributed by atoms with Crippen molar-refractivity contribution in [3.05, 3.63) is 66.0 Å². The fourth-order valence-corrected chi connectivity index (χ4v) is 4.68.